The van der Waals surface area contributed by atoms with Gasteiger partial charge in [0.05, 0.1) is 18.7 Å². The van der Waals surface area contributed by atoms with Crippen LogP contribution in [0.2, 0.25) is 0 Å². The number of fused-ring (bicyclic) bond motifs is 1. The first-order valence-electron chi connectivity index (χ1n) is 10.9. The summed E-state index contributed by atoms with van der Waals surface area (Å²) in [5.41, 5.74) is 3.41. The van der Waals surface area contributed by atoms with E-state index in [0.29, 0.717) is 17.5 Å². The summed E-state index contributed by atoms with van der Waals surface area (Å²) in [4.78, 5) is 41.6. The summed E-state index contributed by atoms with van der Waals surface area (Å²) in [6.45, 7) is 3.56. The van der Waals surface area contributed by atoms with E-state index in [1.54, 1.807) is 36.1 Å². The number of hydrogen-bond donors (Lipinski definition) is 0. The van der Waals surface area contributed by atoms with Crippen molar-refractivity contribution in [1.29, 1.82) is 0 Å². The highest BCUT2D eigenvalue weighted by molar-refractivity contribution is 6.08. The Morgan fingerprint density at radius 2 is 1.48 bits per heavy atom. The average Bonchev–Trinajstić information content (AvgIpc) is 2.84. The minimum atomic E-state index is -0.446. The molecule has 0 aromatic heterocycles. The van der Waals surface area contributed by atoms with Crippen LogP contribution in [0.1, 0.15) is 52.6 Å². The largest absolute Gasteiger partial charge is 0.465 e. The van der Waals surface area contributed by atoms with Gasteiger partial charge in [0.25, 0.3) is 5.91 Å². The number of amides is 2. The van der Waals surface area contributed by atoms with Gasteiger partial charge in [0.1, 0.15) is 0 Å². The lowest BCUT2D eigenvalue weighted by atomic mass is 9.89. The first-order valence-corrected chi connectivity index (χ1v) is 10.9. The summed E-state index contributed by atoms with van der Waals surface area (Å²) in [5, 5.41) is 0. The molecule has 3 aromatic rings. The van der Waals surface area contributed by atoms with Crippen LogP contribution < -0.4 is 9.80 Å². The lowest BCUT2D eigenvalue weighted by Crippen LogP contribution is -2.47. The highest BCUT2D eigenvalue weighted by Crippen LogP contribution is 2.42. The van der Waals surface area contributed by atoms with Crippen LogP contribution >= 0.6 is 0 Å². The van der Waals surface area contributed by atoms with Crippen molar-refractivity contribution in [3.8, 4) is 0 Å². The number of carbonyl (C=O) groups is 3. The third-order valence-corrected chi connectivity index (χ3v) is 6.02. The lowest BCUT2D eigenvalue weighted by molar-refractivity contribution is -0.117. The second-order valence-corrected chi connectivity index (χ2v) is 8.13. The zero-order valence-corrected chi connectivity index (χ0v) is 18.9. The predicted octanol–water partition coefficient (Wildman–Crippen LogP) is 5.01. The minimum Gasteiger partial charge on any atom is -0.465 e. The number of carbonyl (C=O) groups excluding carboxylic acids is 3. The predicted molar refractivity (Wildman–Crippen MR) is 127 cm³/mol. The van der Waals surface area contributed by atoms with Crippen LogP contribution in [0, 0.1) is 0 Å². The molecule has 2 atom stereocenters. The zero-order valence-electron chi connectivity index (χ0n) is 18.9. The smallest absolute Gasteiger partial charge is 0.337 e. The minimum absolute atomic E-state index is 0.0496. The van der Waals surface area contributed by atoms with Crippen LogP contribution in [-0.4, -0.2) is 30.9 Å². The van der Waals surface area contributed by atoms with Crippen molar-refractivity contribution in [1.82, 2.24) is 0 Å². The molecule has 3 aromatic carbocycles. The van der Waals surface area contributed by atoms with E-state index in [-0.39, 0.29) is 23.9 Å². The van der Waals surface area contributed by atoms with E-state index < -0.39 is 5.97 Å². The van der Waals surface area contributed by atoms with E-state index in [0.717, 1.165) is 16.9 Å². The van der Waals surface area contributed by atoms with Crippen LogP contribution in [0.15, 0.2) is 78.9 Å². The molecule has 0 fully saturated rings. The van der Waals surface area contributed by atoms with E-state index in [9.17, 15) is 14.4 Å². The Kier molecular flexibility index (Phi) is 6.27. The average molecular weight is 443 g/mol. The second kappa shape index (κ2) is 9.28. The summed E-state index contributed by atoms with van der Waals surface area (Å²) in [7, 11) is 1.32. The van der Waals surface area contributed by atoms with E-state index in [4.69, 9.17) is 4.74 Å². The fourth-order valence-electron chi connectivity index (χ4n) is 4.51. The van der Waals surface area contributed by atoms with Crippen molar-refractivity contribution in [3.63, 3.8) is 0 Å². The molecule has 0 radical (unpaired) electrons. The maximum Gasteiger partial charge on any atom is 0.337 e. The number of rotatable bonds is 4. The molecule has 0 aliphatic carbocycles. The first-order chi connectivity index (χ1) is 15.9. The topological polar surface area (TPSA) is 66.9 Å². The van der Waals surface area contributed by atoms with Crippen LogP contribution in [0.4, 0.5) is 11.4 Å². The molecular formula is C27H26N2O4. The Morgan fingerprint density at radius 1 is 0.879 bits per heavy atom. The summed E-state index contributed by atoms with van der Waals surface area (Å²) >= 11 is 0. The SMILES string of the molecule is COC(=O)c1ccc(C(=O)N2c3ccccc3[C@@H](N(C(C)=O)c3ccccc3)C[C@H]2C)cc1. The molecule has 0 bridgehead atoms. The molecule has 0 unspecified atom stereocenters. The van der Waals surface area contributed by atoms with Gasteiger partial charge in [-0.3, -0.25) is 9.59 Å². The number of esters is 1. The molecule has 0 saturated carbocycles. The lowest BCUT2D eigenvalue weighted by Gasteiger charge is -2.43. The Labute approximate surface area is 193 Å². The van der Waals surface area contributed by atoms with Gasteiger partial charge >= 0.3 is 5.97 Å². The maximum absolute atomic E-state index is 13.5. The number of anilines is 2. The monoisotopic (exact) mass is 442 g/mol. The Morgan fingerprint density at radius 3 is 2.12 bits per heavy atom. The number of nitrogens with zero attached hydrogens (tertiary/aromatic N) is 2. The summed E-state index contributed by atoms with van der Waals surface area (Å²) < 4.78 is 4.74. The Bertz CT molecular complexity index is 1170. The maximum atomic E-state index is 13.5. The van der Waals surface area contributed by atoms with Crippen LogP contribution in [0.25, 0.3) is 0 Å². The van der Waals surface area contributed by atoms with Gasteiger partial charge in [0.15, 0.2) is 0 Å². The van der Waals surface area contributed by atoms with Crippen molar-refractivity contribution in [2.24, 2.45) is 0 Å². The van der Waals surface area contributed by atoms with Crippen molar-refractivity contribution >= 4 is 29.2 Å². The molecule has 1 aliphatic heterocycles. The Balaban J connectivity index is 1.72. The zero-order chi connectivity index (χ0) is 23.5. The summed E-state index contributed by atoms with van der Waals surface area (Å²) in [6, 6.07) is 23.4. The van der Waals surface area contributed by atoms with Gasteiger partial charge in [0, 0.05) is 29.9 Å². The van der Waals surface area contributed by atoms with Crippen LogP contribution in [0.3, 0.4) is 0 Å². The van der Waals surface area contributed by atoms with E-state index in [1.165, 1.54) is 7.11 Å². The fraction of sp³-hybridized carbons (Fsp3) is 0.222. The van der Waals surface area contributed by atoms with Gasteiger partial charge in [0.2, 0.25) is 5.91 Å². The quantitative estimate of drug-likeness (QED) is 0.533. The first kappa shape index (κ1) is 22.3. The molecule has 4 rings (SSSR count). The van der Waals surface area contributed by atoms with Gasteiger partial charge in [-0.2, -0.15) is 0 Å². The highest BCUT2D eigenvalue weighted by atomic mass is 16.5. The number of methoxy groups -OCH3 is 1. The Hall–Kier alpha value is -3.93. The number of para-hydroxylation sites is 2. The van der Waals surface area contributed by atoms with Crippen molar-refractivity contribution in [2.75, 3.05) is 16.9 Å². The summed E-state index contributed by atoms with van der Waals surface area (Å²) in [5.74, 6) is -0.649. The molecule has 0 saturated heterocycles. The number of benzene rings is 3. The highest BCUT2D eigenvalue weighted by Gasteiger charge is 2.38. The normalized spacial score (nSPS) is 17.1. The molecule has 168 valence electrons. The van der Waals surface area contributed by atoms with E-state index in [2.05, 4.69) is 0 Å². The third kappa shape index (κ3) is 4.24. The van der Waals surface area contributed by atoms with Gasteiger partial charge < -0.3 is 14.5 Å². The van der Waals surface area contributed by atoms with Gasteiger partial charge in [-0.05, 0) is 61.4 Å². The standard InChI is InChI=1S/C27H26N2O4/c1-18-17-25(29(19(2)30)22-9-5-4-6-10-22)23-11-7-8-12-24(23)28(18)26(31)20-13-15-21(16-14-20)27(32)33-3/h4-16,18,25H,17H2,1-3H3/t18-,25+/m1/s1. The van der Waals surface area contributed by atoms with Crippen molar-refractivity contribution in [2.45, 2.75) is 32.4 Å². The molecule has 6 heteroatoms. The molecule has 2 amide bonds. The molecule has 0 spiro atoms. The molecule has 6 nitrogen and oxygen atoms in total. The molecule has 1 aliphatic rings. The van der Waals surface area contributed by atoms with E-state index >= 15 is 0 Å². The van der Waals surface area contributed by atoms with Crippen LogP contribution in [0.5, 0.6) is 0 Å². The van der Waals surface area contributed by atoms with Gasteiger partial charge in [-0.15, -0.1) is 0 Å². The number of ether oxygens (including phenoxy) is 1. The van der Waals surface area contributed by atoms with Gasteiger partial charge in [-0.1, -0.05) is 36.4 Å². The molecular weight excluding hydrogens is 416 g/mol. The fourth-order valence-corrected chi connectivity index (χ4v) is 4.51. The molecule has 1 heterocycles. The second-order valence-electron chi connectivity index (χ2n) is 8.13. The third-order valence-electron chi connectivity index (χ3n) is 6.02. The molecule has 0 N–H and O–H groups in total. The van der Waals surface area contributed by atoms with Crippen molar-refractivity contribution < 1.29 is 19.1 Å². The molecule has 33 heavy (non-hydrogen) atoms. The summed E-state index contributed by atoms with van der Waals surface area (Å²) in [6.07, 6.45) is 0.595. The number of hydrogen-bond acceptors (Lipinski definition) is 4. The van der Waals surface area contributed by atoms with Gasteiger partial charge in [-0.25, -0.2) is 4.79 Å². The van der Waals surface area contributed by atoms with E-state index in [1.807, 2.05) is 66.4 Å². The van der Waals surface area contributed by atoms with Crippen LogP contribution in [-0.2, 0) is 9.53 Å². The van der Waals surface area contributed by atoms with Crippen molar-refractivity contribution in [3.05, 3.63) is 95.6 Å².